The lowest BCUT2D eigenvalue weighted by Gasteiger charge is -2.21. The van der Waals surface area contributed by atoms with E-state index in [2.05, 4.69) is 10.2 Å². The zero-order chi connectivity index (χ0) is 9.54. The summed E-state index contributed by atoms with van der Waals surface area (Å²) in [5, 5.41) is 6.59. The third-order valence-corrected chi connectivity index (χ3v) is 2.88. The van der Waals surface area contributed by atoms with Crippen molar-refractivity contribution < 1.29 is 9.53 Å². The lowest BCUT2D eigenvalue weighted by atomic mass is 10.2. The van der Waals surface area contributed by atoms with E-state index >= 15 is 0 Å². The number of nitrogens with zero attached hydrogens (tertiary/aromatic N) is 2. The van der Waals surface area contributed by atoms with E-state index in [0.717, 1.165) is 18.6 Å². The first kappa shape index (κ1) is 7.99. The van der Waals surface area contributed by atoms with Crippen LogP contribution in [0.3, 0.4) is 0 Å². The van der Waals surface area contributed by atoms with Crippen molar-refractivity contribution >= 4 is 5.91 Å². The molecule has 1 aromatic heterocycles. The molecule has 1 N–H and O–H groups in total. The first-order valence-electron chi connectivity index (χ1n) is 4.77. The number of aromatic nitrogens is 2. The lowest BCUT2D eigenvalue weighted by Crippen LogP contribution is -2.36. The summed E-state index contributed by atoms with van der Waals surface area (Å²) in [6, 6.07) is 0.253. The molecule has 3 heterocycles. The van der Waals surface area contributed by atoms with Gasteiger partial charge in [0.1, 0.15) is 5.69 Å². The Bertz CT molecular complexity index is 368. The van der Waals surface area contributed by atoms with E-state index in [0.29, 0.717) is 18.8 Å². The van der Waals surface area contributed by atoms with E-state index in [-0.39, 0.29) is 11.9 Å². The van der Waals surface area contributed by atoms with Crippen molar-refractivity contribution in [2.75, 3.05) is 13.2 Å². The minimum Gasteiger partial charge on any atom is -0.379 e. The van der Waals surface area contributed by atoms with Crippen molar-refractivity contribution in [2.24, 2.45) is 0 Å². The van der Waals surface area contributed by atoms with E-state index < -0.39 is 0 Å². The number of fused-ring (bicyclic) bond motifs is 1. The predicted molar refractivity (Wildman–Crippen MR) is 47.7 cm³/mol. The van der Waals surface area contributed by atoms with Crippen LogP contribution in [0.15, 0.2) is 6.20 Å². The van der Waals surface area contributed by atoms with Crippen LogP contribution in [0, 0.1) is 0 Å². The molecule has 1 aromatic rings. The fraction of sp³-hybridized carbons (Fsp3) is 0.556. The molecule has 2 aliphatic heterocycles. The van der Waals surface area contributed by atoms with Crippen LogP contribution in [0.5, 0.6) is 0 Å². The van der Waals surface area contributed by atoms with Crippen molar-refractivity contribution in [1.82, 2.24) is 15.1 Å². The monoisotopic (exact) mass is 193 g/mol. The summed E-state index contributed by atoms with van der Waals surface area (Å²) in [6.07, 6.45) is 2.67. The molecule has 0 bridgehead atoms. The molecular formula is C9H11N3O2. The number of hydrogen-bond acceptors (Lipinski definition) is 3. The number of amides is 1. The van der Waals surface area contributed by atoms with Gasteiger partial charge in [0.05, 0.1) is 25.4 Å². The molecule has 0 unspecified atom stereocenters. The van der Waals surface area contributed by atoms with Gasteiger partial charge in [0.15, 0.2) is 0 Å². The van der Waals surface area contributed by atoms with E-state index in [1.54, 1.807) is 6.20 Å². The van der Waals surface area contributed by atoms with Crippen molar-refractivity contribution in [3.8, 4) is 0 Å². The third-order valence-electron chi connectivity index (χ3n) is 2.88. The summed E-state index contributed by atoms with van der Waals surface area (Å²) in [7, 11) is 0. The number of ether oxygens (including phenoxy) is 1. The average Bonchev–Trinajstić information content (AvgIpc) is 2.84. The normalized spacial score (nSPS) is 25.9. The molecule has 5 nitrogen and oxygen atoms in total. The molecular weight excluding hydrogens is 182 g/mol. The first-order valence-corrected chi connectivity index (χ1v) is 4.77. The molecule has 14 heavy (non-hydrogen) atoms. The Hall–Kier alpha value is -1.36. The van der Waals surface area contributed by atoms with E-state index in [4.69, 9.17) is 4.74 Å². The van der Waals surface area contributed by atoms with Crippen LogP contribution in [0.4, 0.5) is 0 Å². The van der Waals surface area contributed by atoms with Crippen LogP contribution in [-0.4, -0.2) is 40.3 Å². The zero-order valence-corrected chi connectivity index (χ0v) is 7.69. The molecule has 0 aliphatic carbocycles. The van der Waals surface area contributed by atoms with E-state index in [1.165, 1.54) is 0 Å². The maximum atomic E-state index is 11.8. The fourth-order valence-corrected chi connectivity index (χ4v) is 2.08. The summed E-state index contributed by atoms with van der Waals surface area (Å²) in [4.78, 5) is 13.7. The molecule has 1 fully saturated rings. The van der Waals surface area contributed by atoms with Crippen molar-refractivity contribution in [3.05, 3.63) is 17.5 Å². The molecule has 1 amide bonds. The third kappa shape index (κ3) is 0.988. The molecule has 5 heteroatoms. The van der Waals surface area contributed by atoms with Gasteiger partial charge in [-0.05, 0) is 6.42 Å². The highest BCUT2D eigenvalue weighted by Crippen LogP contribution is 2.25. The minimum atomic E-state index is 0.0630. The van der Waals surface area contributed by atoms with Crippen LogP contribution in [0.25, 0.3) is 0 Å². The maximum Gasteiger partial charge on any atom is 0.272 e. The second-order valence-electron chi connectivity index (χ2n) is 3.72. The Morgan fingerprint density at radius 3 is 3.29 bits per heavy atom. The first-order chi connectivity index (χ1) is 6.86. The molecule has 2 aliphatic rings. The molecule has 0 aromatic carbocycles. The summed E-state index contributed by atoms with van der Waals surface area (Å²) >= 11 is 0. The number of nitrogens with one attached hydrogen (secondary N) is 1. The number of aromatic amines is 1. The Morgan fingerprint density at radius 1 is 1.64 bits per heavy atom. The summed E-state index contributed by atoms with van der Waals surface area (Å²) in [5.74, 6) is 0.0630. The summed E-state index contributed by atoms with van der Waals surface area (Å²) in [6.45, 7) is 2.11. The molecule has 3 rings (SSSR count). The highest BCUT2D eigenvalue weighted by atomic mass is 16.5. The van der Waals surface area contributed by atoms with E-state index in [1.807, 2.05) is 4.90 Å². The summed E-state index contributed by atoms with van der Waals surface area (Å²) in [5.41, 5.74) is 1.65. The zero-order valence-electron chi connectivity index (χ0n) is 7.69. The molecule has 0 saturated carbocycles. The van der Waals surface area contributed by atoms with Gasteiger partial charge < -0.3 is 9.64 Å². The Morgan fingerprint density at radius 2 is 2.57 bits per heavy atom. The SMILES string of the molecule is O=C1c2[nH]ncc2CN1[C@H]1CCOC1. The van der Waals surface area contributed by atoms with Gasteiger partial charge in [-0.25, -0.2) is 0 Å². The second kappa shape index (κ2) is 2.81. The molecule has 1 atom stereocenters. The standard InChI is InChI=1S/C9H11N3O2/c13-9-8-6(3-10-11-8)4-12(9)7-1-2-14-5-7/h3,7H,1-2,4-5H2,(H,10,11)/t7-/m0/s1. The number of hydrogen-bond donors (Lipinski definition) is 1. The molecule has 74 valence electrons. The molecule has 0 spiro atoms. The lowest BCUT2D eigenvalue weighted by molar-refractivity contribution is 0.0673. The van der Waals surface area contributed by atoms with Crippen LogP contribution >= 0.6 is 0 Å². The van der Waals surface area contributed by atoms with Gasteiger partial charge >= 0.3 is 0 Å². The van der Waals surface area contributed by atoms with Crippen molar-refractivity contribution in [1.29, 1.82) is 0 Å². The summed E-state index contributed by atoms with van der Waals surface area (Å²) < 4.78 is 5.27. The van der Waals surface area contributed by atoms with Gasteiger partial charge in [-0.2, -0.15) is 5.10 Å². The number of H-pyrrole nitrogens is 1. The highest BCUT2D eigenvalue weighted by Gasteiger charge is 2.35. The van der Waals surface area contributed by atoms with Gasteiger partial charge in [-0.1, -0.05) is 0 Å². The van der Waals surface area contributed by atoms with Crippen LogP contribution in [0.1, 0.15) is 22.5 Å². The Labute approximate surface area is 81.0 Å². The van der Waals surface area contributed by atoms with Gasteiger partial charge in [-0.3, -0.25) is 9.89 Å². The number of carbonyl (C=O) groups is 1. The Balaban J connectivity index is 1.86. The van der Waals surface area contributed by atoms with Gasteiger partial charge in [-0.15, -0.1) is 0 Å². The predicted octanol–water partition coefficient (Wildman–Crippen LogP) is 0.154. The minimum absolute atomic E-state index is 0.0630. The van der Waals surface area contributed by atoms with E-state index in [9.17, 15) is 4.79 Å². The number of rotatable bonds is 1. The van der Waals surface area contributed by atoms with Gasteiger partial charge in [0, 0.05) is 12.2 Å². The maximum absolute atomic E-state index is 11.8. The fourth-order valence-electron chi connectivity index (χ4n) is 2.08. The average molecular weight is 193 g/mol. The Kier molecular flexibility index (Phi) is 1.61. The smallest absolute Gasteiger partial charge is 0.272 e. The highest BCUT2D eigenvalue weighted by molar-refractivity contribution is 5.96. The quantitative estimate of drug-likeness (QED) is 0.691. The van der Waals surface area contributed by atoms with Crippen molar-refractivity contribution in [3.63, 3.8) is 0 Å². The van der Waals surface area contributed by atoms with Crippen LogP contribution < -0.4 is 0 Å². The van der Waals surface area contributed by atoms with Crippen LogP contribution in [-0.2, 0) is 11.3 Å². The molecule has 1 saturated heterocycles. The topological polar surface area (TPSA) is 58.2 Å². The van der Waals surface area contributed by atoms with Crippen LogP contribution in [0.2, 0.25) is 0 Å². The van der Waals surface area contributed by atoms with Gasteiger partial charge in [0.2, 0.25) is 0 Å². The van der Waals surface area contributed by atoms with Crippen molar-refractivity contribution in [2.45, 2.75) is 19.0 Å². The second-order valence-corrected chi connectivity index (χ2v) is 3.72. The molecule has 0 radical (unpaired) electrons. The van der Waals surface area contributed by atoms with Gasteiger partial charge in [0.25, 0.3) is 5.91 Å². The largest absolute Gasteiger partial charge is 0.379 e. The number of carbonyl (C=O) groups excluding carboxylic acids is 1.